The summed E-state index contributed by atoms with van der Waals surface area (Å²) >= 11 is 0. The molecule has 98 valence electrons. The Morgan fingerprint density at radius 3 is 2.82 bits per heavy atom. The van der Waals surface area contributed by atoms with Crippen LogP contribution in [0.2, 0.25) is 0 Å². The van der Waals surface area contributed by atoms with E-state index in [4.69, 9.17) is 0 Å². The Morgan fingerprint density at radius 2 is 2.06 bits per heavy atom. The Bertz CT molecular complexity index is 250. The minimum absolute atomic E-state index is 0.00389. The molecule has 1 aliphatic rings. The monoisotopic (exact) mass is 242 g/mol. The van der Waals surface area contributed by atoms with Crippen molar-refractivity contribution in [2.75, 3.05) is 46.3 Å². The highest BCUT2D eigenvalue weighted by Crippen LogP contribution is 1.94. The molecule has 0 unspecified atom stereocenters. The molecule has 1 heterocycles. The van der Waals surface area contributed by atoms with Gasteiger partial charge in [-0.05, 0) is 19.5 Å². The fourth-order valence-corrected chi connectivity index (χ4v) is 1.76. The average molecular weight is 242 g/mol. The van der Waals surface area contributed by atoms with Crippen LogP contribution in [-0.2, 0) is 9.59 Å². The van der Waals surface area contributed by atoms with E-state index in [1.165, 1.54) is 0 Å². The predicted molar refractivity (Wildman–Crippen MR) is 65.6 cm³/mol. The minimum atomic E-state index is -0.0516. The van der Waals surface area contributed by atoms with E-state index in [-0.39, 0.29) is 11.8 Å². The Morgan fingerprint density at radius 1 is 1.24 bits per heavy atom. The number of hydrogen-bond donors (Lipinski definition) is 3. The molecule has 6 heteroatoms. The highest BCUT2D eigenvalue weighted by Gasteiger charge is 2.12. The summed E-state index contributed by atoms with van der Waals surface area (Å²) in [4.78, 5) is 24.7. The first-order chi connectivity index (χ1) is 8.22. The summed E-state index contributed by atoms with van der Waals surface area (Å²) in [6.45, 7) is 4.65. The zero-order valence-corrected chi connectivity index (χ0v) is 10.4. The largest absolute Gasteiger partial charge is 0.359 e. The Balaban J connectivity index is 2.13. The smallest absolute Gasteiger partial charge is 0.234 e. The first-order valence-electron chi connectivity index (χ1n) is 6.12. The third-order valence-electron chi connectivity index (χ3n) is 2.75. The minimum Gasteiger partial charge on any atom is -0.359 e. The molecule has 0 spiro atoms. The molecule has 1 rings (SSSR count). The van der Waals surface area contributed by atoms with Crippen LogP contribution < -0.4 is 16.0 Å². The lowest BCUT2D eigenvalue weighted by Crippen LogP contribution is -2.39. The van der Waals surface area contributed by atoms with Crippen molar-refractivity contribution in [3.63, 3.8) is 0 Å². The second kappa shape index (κ2) is 8.03. The molecular weight excluding hydrogens is 220 g/mol. The van der Waals surface area contributed by atoms with Crippen LogP contribution in [-0.4, -0.2) is 63.0 Å². The summed E-state index contributed by atoms with van der Waals surface area (Å²) in [5.74, 6) is -0.0555. The third-order valence-corrected chi connectivity index (χ3v) is 2.75. The predicted octanol–water partition coefficient (Wildman–Crippen LogP) is -1.47. The lowest BCUT2D eigenvalue weighted by atomic mass is 10.3. The van der Waals surface area contributed by atoms with E-state index >= 15 is 0 Å². The summed E-state index contributed by atoms with van der Waals surface area (Å²) in [6, 6.07) is 0. The van der Waals surface area contributed by atoms with Crippen LogP contribution in [0.4, 0.5) is 0 Å². The lowest BCUT2D eigenvalue weighted by Gasteiger charge is -2.18. The molecular formula is C11H22N4O2. The van der Waals surface area contributed by atoms with Gasteiger partial charge < -0.3 is 16.0 Å². The maximum atomic E-state index is 11.6. The second-order valence-corrected chi connectivity index (χ2v) is 4.15. The summed E-state index contributed by atoms with van der Waals surface area (Å²) < 4.78 is 0. The quantitative estimate of drug-likeness (QED) is 0.550. The lowest BCUT2D eigenvalue weighted by molar-refractivity contribution is -0.122. The number of hydrogen-bond acceptors (Lipinski definition) is 4. The maximum absolute atomic E-state index is 11.6. The third kappa shape index (κ3) is 6.23. The Hall–Kier alpha value is -1.14. The molecule has 0 aromatic carbocycles. The molecule has 0 aliphatic carbocycles. The van der Waals surface area contributed by atoms with E-state index in [9.17, 15) is 9.59 Å². The van der Waals surface area contributed by atoms with Gasteiger partial charge in [0.15, 0.2) is 0 Å². The van der Waals surface area contributed by atoms with Crippen LogP contribution >= 0.6 is 0 Å². The van der Waals surface area contributed by atoms with Gasteiger partial charge >= 0.3 is 0 Å². The van der Waals surface area contributed by atoms with Crippen LogP contribution in [0.1, 0.15) is 12.8 Å². The van der Waals surface area contributed by atoms with Crippen molar-refractivity contribution < 1.29 is 9.59 Å². The number of nitrogens with zero attached hydrogens (tertiary/aromatic N) is 1. The fraction of sp³-hybridized carbons (Fsp3) is 0.818. The van der Waals surface area contributed by atoms with E-state index in [2.05, 4.69) is 20.9 Å². The van der Waals surface area contributed by atoms with E-state index in [0.717, 1.165) is 32.6 Å². The maximum Gasteiger partial charge on any atom is 0.234 e. The van der Waals surface area contributed by atoms with E-state index in [1.54, 1.807) is 7.05 Å². The standard InChI is InChI=1S/C11H22N4O2/c1-12-10(16)3-5-14-11(17)9-15-7-2-4-13-6-8-15/h13H,2-9H2,1H3,(H,12,16)(H,14,17). The van der Waals surface area contributed by atoms with Gasteiger partial charge in [-0.3, -0.25) is 14.5 Å². The van der Waals surface area contributed by atoms with Crippen LogP contribution in [0.25, 0.3) is 0 Å². The number of rotatable bonds is 5. The Kier molecular flexibility index (Phi) is 6.57. The summed E-state index contributed by atoms with van der Waals surface area (Å²) in [5, 5.41) is 8.56. The summed E-state index contributed by atoms with van der Waals surface area (Å²) in [5.41, 5.74) is 0. The molecule has 0 radical (unpaired) electrons. The van der Waals surface area contributed by atoms with Crippen LogP contribution in [0.15, 0.2) is 0 Å². The number of nitrogens with one attached hydrogen (secondary N) is 3. The molecule has 6 nitrogen and oxygen atoms in total. The molecule has 1 fully saturated rings. The van der Waals surface area contributed by atoms with Gasteiger partial charge in [-0.15, -0.1) is 0 Å². The van der Waals surface area contributed by atoms with Crippen molar-refractivity contribution in [3.05, 3.63) is 0 Å². The summed E-state index contributed by atoms with van der Waals surface area (Å²) in [6.07, 6.45) is 1.41. The molecule has 17 heavy (non-hydrogen) atoms. The van der Waals surface area contributed by atoms with Gasteiger partial charge in [0, 0.05) is 33.1 Å². The SMILES string of the molecule is CNC(=O)CCNC(=O)CN1CCCNCC1. The van der Waals surface area contributed by atoms with Gasteiger partial charge in [-0.2, -0.15) is 0 Å². The average Bonchev–Trinajstić information content (AvgIpc) is 2.57. The van der Waals surface area contributed by atoms with Crippen molar-refractivity contribution in [2.45, 2.75) is 12.8 Å². The van der Waals surface area contributed by atoms with Gasteiger partial charge in [0.2, 0.25) is 11.8 Å². The van der Waals surface area contributed by atoms with E-state index in [0.29, 0.717) is 19.5 Å². The van der Waals surface area contributed by atoms with Gasteiger partial charge in [0.05, 0.1) is 6.54 Å². The number of carbonyl (C=O) groups is 2. The topological polar surface area (TPSA) is 73.5 Å². The second-order valence-electron chi connectivity index (χ2n) is 4.15. The van der Waals surface area contributed by atoms with Gasteiger partial charge in [0.1, 0.15) is 0 Å². The van der Waals surface area contributed by atoms with Crippen molar-refractivity contribution in [2.24, 2.45) is 0 Å². The number of amides is 2. The molecule has 1 saturated heterocycles. The first-order valence-corrected chi connectivity index (χ1v) is 6.12. The number of carbonyl (C=O) groups excluding carboxylic acids is 2. The van der Waals surface area contributed by atoms with E-state index in [1.807, 2.05) is 0 Å². The van der Waals surface area contributed by atoms with Crippen molar-refractivity contribution in [3.8, 4) is 0 Å². The molecule has 2 amide bonds. The summed E-state index contributed by atoms with van der Waals surface area (Å²) in [7, 11) is 1.59. The normalized spacial score (nSPS) is 17.2. The fourth-order valence-electron chi connectivity index (χ4n) is 1.76. The van der Waals surface area contributed by atoms with Gasteiger partial charge in [0.25, 0.3) is 0 Å². The van der Waals surface area contributed by atoms with Crippen LogP contribution in [0.3, 0.4) is 0 Å². The van der Waals surface area contributed by atoms with Crippen LogP contribution in [0.5, 0.6) is 0 Å². The van der Waals surface area contributed by atoms with Crippen molar-refractivity contribution in [1.29, 1.82) is 0 Å². The molecule has 0 aromatic heterocycles. The Labute approximate surface area is 102 Å². The first kappa shape index (κ1) is 13.9. The highest BCUT2D eigenvalue weighted by atomic mass is 16.2. The molecule has 0 bridgehead atoms. The molecule has 1 aliphatic heterocycles. The van der Waals surface area contributed by atoms with Crippen molar-refractivity contribution >= 4 is 11.8 Å². The molecule has 0 saturated carbocycles. The zero-order valence-electron chi connectivity index (χ0n) is 10.4. The van der Waals surface area contributed by atoms with Crippen molar-refractivity contribution in [1.82, 2.24) is 20.9 Å². The molecule has 0 aromatic rings. The van der Waals surface area contributed by atoms with Crippen LogP contribution in [0, 0.1) is 0 Å². The van der Waals surface area contributed by atoms with Gasteiger partial charge in [-0.1, -0.05) is 0 Å². The zero-order chi connectivity index (χ0) is 12.5. The highest BCUT2D eigenvalue weighted by molar-refractivity contribution is 5.79. The van der Waals surface area contributed by atoms with Gasteiger partial charge in [-0.25, -0.2) is 0 Å². The molecule has 0 atom stereocenters. The molecule has 3 N–H and O–H groups in total. The van der Waals surface area contributed by atoms with E-state index < -0.39 is 0 Å².